The van der Waals surface area contributed by atoms with Crippen LogP contribution >= 0.6 is 0 Å². The summed E-state index contributed by atoms with van der Waals surface area (Å²) in [5.74, 6) is 4.11. The van der Waals surface area contributed by atoms with Crippen LogP contribution in [-0.4, -0.2) is 51.2 Å². The number of phenolic OH excluding ortho intramolecular Hbond substituents is 1. The Labute approximate surface area is 262 Å². The minimum atomic E-state index is -0.115. The summed E-state index contributed by atoms with van der Waals surface area (Å²) in [5.41, 5.74) is 4.06. The molecule has 1 aromatic rings. The molecule has 2 heterocycles. The molecular formula is C39H69N2O. The molecule has 1 N–H and O–H groups in total. The second kappa shape index (κ2) is 11.4. The number of hydrogen-bond acceptors (Lipinski definition) is 3. The highest BCUT2D eigenvalue weighted by molar-refractivity contribution is 5.50. The van der Waals surface area contributed by atoms with Gasteiger partial charge in [-0.1, -0.05) is 60.6 Å². The quantitative estimate of drug-likeness (QED) is 0.362. The van der Waals surface area contributed by atoms with Crippen molar-refractivity contribution in [1.29, 1.82) is 0 Å². The van der Waals surface area contributed by atoms with E-state index in [1.54, 1.807) is 5.92 Å². The molecular weight excluding hydrogens is 512 g/mol. The predicted molar refractivity (Wildman–Crippen MR) is 184 cm³/mol. The van der Waals surface area contributed by atoms with Gasteiger partial charge in [-0.25, -0.2) is 0 Å². The van der Waals surface area contributed by atoms with Gasteiger partial charge in [-0.05, 0) is 159 Å². The first-order chi connectivity index (χ1) is 18.7. The molecule has 3 nitrogen and oxygen atoms in total. The summed E-state index contributed by atoms with van der Waals surface area (Å²) in [6.45, 7) is 35.5. The molecule has 1 unspecified atom stereocenters. The maximum atomic E-state index is 11.5. The Hall–Kier alpha value is -1.06. The molecule has 42 heavy (non-hydrogen) atoms. The maximum absolute atomic E-state index is 11.5. The van der Waals surface area contributed by atoms with Crippen molar-refractivity contribution in [2.24, 2.45) is 17.8 Å². The number of phenols is 1. The van der Waals surface area contributed by atoms with Gasteiger partial charge in [0.2, 0.25) is 0 Å². The predicted octanol–water partition coefficient (Wildman–Crippen LogP) is 9.93. The van der Waals surface area contributed by atoms with Gasteiger partial charge in [-0.3, -0.25) is 9.80 Å². The summed E-state index contributed by atoms with van der Waals surface area (Å²) in [5, 5.41) is 11.5. The van der Waals surface area contributed by atoms with Gasteiger partial charge in [-0.2, -0.15) is 0 Å². The SMILES string of the molecule is CC([C](Cc1cc(C(C)(C)C)c(O)c(C(C)(C)C)c1)CC1CC(C)(C)N(C)C(C)(C)C1)C1CC(C)(C)N(C)C(C)(C)C1. The summed E-state index contributed by atoms with van der Waals surface area (Å²) in [7, 11) is 4.65. The lowest BCUT2D eigenvalue weighted by atomic mass is 9.63. The van der Waals surface area contributed by atoms with E-state index in [-0.39, 0.29) is 33.0 Å². The van der Waals surface area contributed by atoms with Gasteiger partial charge in [0.15, 0.2) is 0 Å². The zero-order chi connectivity index (χ0) is 32.4. The van der Waals surface area contributed by atoms with E-state index in [0.29, 0.717) is 23.5 Å². The first kappa shape index (κ1) is 35.4. The monoisotopic (exact) mass is 582 g/mol. The Morgan fingerprint density at radius 3 is 1.45 bits per heavy atom. The number of piperidine rings is 2. The third kappa shape index (κ3) is 7.42. The summed E-state index contributed by atoms with van der Waals surface area (Å²) in [4.78, 5) is 5.24. The van der Waals surface area contributed by atoms with Crippen LogP contribution < -0.4 is 0 Å². The van der Waals surface area contributed by atoms with Crippen LogP contribution in [0.3, 0.4) is 0 Å². The summed E-state index contributed by atoms with van der Waals surface area (Å²) >= 11 is 0. The van der Waals surface area contributed by atoms with Gasteiger partial charge in [0.05, 0.1) is 0 Å². The molecule has 1 atom stereocenters. The minimum absolute atomic E-state index is 0.115. The van der Waals surface area contributed by atoms with Gasteiger partial charge in [0.25, 0.3) is 0 Å². The lowest BCUT2D eigenvalue weighted by Gasteiger charge is -2.56. The molecule has 0 aromatic heterocycles. The van der Waals surface area contributed by atoms with Crippen molar-refractivity contribution in [1.82, 2.24) is 9.80 Å². The van der Waals surface area contributed by atoms with E-state index in [0.717, 1.165) is 17.5 Å². The van der Waals surface area contributed by atoms with E-state index >= 15 is 0 Å². The number of benzene rings is 1. The number of aromatic hydroxyl groups is 1. The molecule has 0 spiro atoms. The Kier molecular flexibility index (Phi) is 9.60. The summed E-state index contributed by atoms with van der Waals surface area (Å²) in [6.07, 6.45) is 7.16. The zero-order valence-electron chi connectivity index (χ0n) is 31.0. The Morgan fingerprint density at radius 2 is 1.10 bits per heavy atom. The van der Waals surface area contributed by atoms with Crippen LogP contribution in [0.2, 0.25) is 0 Å². The molecule has 2 aliphatic heterocycles. The van der Waals surface area contributed by atoms with Gasteiger partial charge in [0, 0.05) is 22.2 Å². The standard InChI is InChI=1S/C39H69N2O/c1-26(30-24-38(12,13)41(17)39(14,15)25-30)29(19-28-22-36(8,9)40(16)37(10,11)23-28)18-27-20-31(34(2,3)4)33(42)32(21-27)35(5,6)7/h20-21,26,28,30,42H,18-19,22-25H2,1-17H3. The van der Waals surface area contributed by atoms with Crippen molar-refractivity contribution >= 4 is 0 Å². The van der Waals surface area contributed by atoms with Crippen molar-refractivity contribution in [2.45, 2.75) is 175 Å². The maximum Gasteiger partial charge on any atom is 0.123 e. The Morgan fingerprint density at radius 1 is 0.738 bits per heavy atom. The average molecular weight is 582 g/mol. The molecule has 0 amide bonds. The molecule has 3 rings (SSSR count). The molecule has 2 fully saturated rings. The van der Waals surface area contributed by atoms with Gasteiger partial charge >= 0.3 is 0 Å². The van der Waals surface area contributed by atoms with E-state index in [1.165, 1.54) is 37.7 Å². The molecule has 3 heteroatoms. The zero-order valence-corrected chi connectivity index (χ0v) is 31.0. The van der Waals surface area contributed by atoms with Crippen molar-refractivity contribution in [2.75, 3.05) is 14.1 Å². The first-order valence-electron chi connectivity index (χ1n) is 16.9. The third-order valence-electron chi connectivity index (χ3n) is 11.9. The fourth-order valence-corrected chi connectivity index (χ4v) is 8.85. The lowest BCUT2D eigenvalue weighted by molar-refractivity contribution is -0.0451. The largest absolute Gasteiger partial charge is 0.507 e. The van der Waals surface area contributed by atoms with E-state index in [4.69, 9.17) is 0 Å². The molecule has 1 aromatic carbocycles. The number of hydrogen-bond donors (Lipinski definition) is 1. The molecule has 0 bridgehead atoms. The molecule has 0 saturated carbocycles. The number of nitrogens with zero attached hydrogens (tertiary/aromatic N) is 2. The van der Waals surface area contributed by atoms with Crippen molar-refractivity contribution in [3.8, 4) is 5.75 Å². The molecule has 2 saturated heterocycles. The van der Waals surface area contributed by atoms with Crippen molar-refractivity contribution in [3.63, 3.8) is 0 Å². The third-order valence-corrected chi connectivity index (χ3v) is 11.9. The topological polar surface area (TPSA) is 26.7 Å². The second-order valence-electron chi connectivity index (χ2n) is 19.2. The van der Waals surface area contributed by atoms with Crippen LogP contribution in [0.1, 0.15) is 153 Å². The van der Waals surface area contributed by atoms with Crippen molar-refractivity contribution in [3.05, 3.63) is 34.7 Å². The highest BCUT2D eigenvalue weighted by Gasteiger charge is 2.47. The van der Waals surface area contributed by atoms with E-state index in [1.807, 2.05) is 0 Å². The van der Waals surface area contributed by atoms with Crippen molar-refractivity contribution < 1.29 is 5.11 Å². The Bertz CT molecular complexity index is 1030. The van der Waals surface area contributed by atoms with Gasteiger partial charge < -0.3 is 5.11 Å². The van der Waals surface area contributed by atoms with Crippen LogP contribution in [0, 0.1) is 23.7 Å². The molecule has 241 valence electrons. The highest BCUT2D eigenvalue weighted by atomic mass is 16.3. The lowest BCUT2D eigenvalue weighted by Crippen LogP contribution is -2.59. The van der Waals surface area contributed by atoms with Gasteiger partial charge in [-0.15, -0.1) is 0 Å². The Balaban J connectivity index is 2.07. The molecule has 2 aliphatic rings. The molecule has 0 aliphatic carbocycles. The van der Waals surface area contributed by atoms with Crippen LogP contribution in [0.15, 0.2) is 12.1 Å². The average Bonchev–Trinajstić information content (AvgIpc) is 2.78. The van der Waals surface area contributed by atoms with Crippen LogP contribution in [0.4, 0.5) is 0 Å². The smallest absolute Gasteiger partial charge is 0.123 e. The fourth-order valence-electron chi connectivity index (χ4n) is 8.85. The molecule has 1 radical (unpaired) electrons. The van der Waals surface area contributed by atoms with Gasteiger partial charge in [0.1, 0.15) is 5.75 Å². The second-order valence-corrected chi connectivity index (χ2v) is 19.2. The van der Waals surface area contributed by atoms with Crippen LogP contribution in [0.25, 0.3) is 0 Å². The van der Waals surface area contributed by atoms with Crippen LogP contribution in [-0.2, 0) is 17.3 Å². The first-order valence-corrected chi connectivity index (χ1v) is 16.9. The normalized spacial score (nSPS) is 24.7. The fraction of sp³-hybridized carbons (Fsp3) is 0.821. The summed E-state index contributed by atoms with van der Waals surface area (Å²) in [6, 6.07) is 4.67. The van der Waals surface area contributed by atoms with E-state index in [9.17, 15) is 5.11 Å². The highest BCUT2D eigenvalue weighted by Crippen LogP contribution is 2.50. The van der Waals surface area contributed by atoms with E-state index < -0.39 is 0 Å². The number of likely N-dealkylation sites (tertiary alicyclic amines) is 2. The number of rotatable bonds is 6. The minimum Gasteiger partial charge on any atom is -0.507 e. The summed E-state index contributed by atoms with van der Waals surface area (Å²) < 4.78 is 0. The van der Waals surface area contributed by atoms with Crippen LogP contribution in [0.5, 0.6) is 5.75 Å². The van der Waals surface area contributed by atoms with E-state index in [2.05, 4.69) is 140 Å².